The molecule has 0 spiro atoms. The number of hydrogen-bond donors (Lipinski definition) is 2. The maximum Gasteiger partial charge on any atom is 0.259 e. The van der Waals surface area contributed by atoms with E-state index in [9.17, 15) is 4.79 Å². The minimum atomic E-state index is -0.139. The molecule has 100 valence electrons. The largest absolute Gasteiger partial charge is 0.378 e. The molecule has 2 rings (SSSR count). The predicted octanol–water partition coefficient (Wildman–Crippen LogP) is 2.34. The van der Waals surface area contributed by atoms with E-state index in [-0.39, 0.29) is 5.91 Å². The number of H-pyrrole nitrogens is 1. The average Bonchev–Trinajstić information content (AvgIpc) is 2.69. The zero-order valence-electron chi connectivity index (χ0n) is 11.6. The molecule has 2 aromatic rings. The first-order chi connectivity index (χ1) is 8.99. The molecule has 1 heterocycles. The Morgan fingerprint density at radius 2 is 2.05 bits per heavy atom. The van der Waals surface area contributed by atoms with Gasteiger partial charge < -0.3 is 10.2 Å². The number of anilines is 2. The second kappa shape index (κ2) is 5.14. The number of nitrogens with zero attached hydrogens (tertiary/aromatic N) is 2. The van der Waals surface area contributed by atoms with Crippen LogP contribution in [0.2, 0.25) is 0 Å². The highest BCUT2D eigenvalue weighted by Crippen LogP contribution is 2.19. The van der Waals surface area contributed by atoms with Crippen molar-refractivity contribution < 1.29 is 4.79 Å². The number of nitrogens with one attached hydrogen (secondary N) is 2. The molecule has 0 unspecified atom stereocenters. The maximum atomic E-state index is 12.2. The first-order valence-electron chi connectivity index (χ1n) is 6.09. The van der Waals surface area contributed by atoms with Crippen molar-refractivity contribution in [3.8, 4) is 0 Å². The first-order valence-corrected chi connectivity index (χ1v) is 6.09. The van der Waals surface area contributed by atoms with Crippen LogP contribution in [0.3, 0.4) is 0 Å². The van der Waals surface area contributed by atoms with E-state index in [2.05, 4.69) is 15.5 Å². The minimum absolute atomic E-state index is 0.139. The lowest BCUT2D eigenvalue weighted by atomic mass is 10.2. The standard InChI is InChI=1S/C14H18N4O/c1-9-13(10(2)17-16-9)14(19)15-11-6-5-7-12(8-11)18(3)4/h5-8H,1-4H3,(H,15,19)(H,16,17). The van der Waals surface area contributed by atoms with E-state index in [1.54, 1.807) is 0 Å². The van der Waals surface area contributed by atoms with Crippen LogP contribution < -0.4 is 10.2 Å². The van der Waals surface area contributed by atoms with E-state index >= 15 is 0 Å². The fourth-order valence-electron chi connectivity index (χ4n) is 1.94. The number of carbonyl (C=O) groups excluding carboxylic acids is 1. The molecule has 1 amide bonds. The number of amides is 1. The number of rotatable bonds is 3. The molecule has 0 saturated heterocycles. The predicted molar refractivity (Wildman–Crippen MR) is 76.8 cm³/mol. The lowest BCUT2D eigenvalue weighted by Gasteiger charge is -2.14. The van der Waals surface area contributed by atoms with Gasteiger partial charge in [-0.05, 0) is 32.0 Å². The van der Waals surface area contributed by atoms with Crippen molar-refractivity contribution in [3.05, 3.63) is 41.2 Å². The van der Waals surface area contributed by atoms with Crippen molar-refractivity contribution in [2.75, 3.05) is 24.3 Å². The van der Waals surface area contributed by atoms with E-state index in [1.165, 1.54) is 0 Å². The Labute approximate surface area is 112 Å². The topological polar surface area (TPSA) is 61.0 Å². The monoisotopic (exact) mass is 258 g/mol. The van der Waals surface area contributed by atoms with Gasteiger partial charge in [-0.25, -0.2) is 0 Å². The fraction of sp³-hybridized carbons (Fsp3) is 0.286. The Balaban J connectivity index is 2.22. The number of aryl methyl sites for hydroxylation is 2. The van der Waals surface area contributed by atoms with E-state index in [4.69, 9.17) is 0 Å². The minimum Gasteiger partial charge on any atom is -0.378 e. The number of hydrogen-bond acceptors (Lipinski definition) is 3. The van der Waals surface area contributed by atoms with Crippen LogP contribution in [0.25, 0.3) is 0 Å². The van der Waals surface area contributed by atoms with Crippen molar-refractivity contribution in [2.45, 2.75) is 13.8 Å². The van der Waals surface area contributed by atoms with Gasteiger partial charge in [0.05, 0.1) is 11.3 Å². The number of aromatic nitrogens is 2. The summed E-state index contributed by atoms with van der Waals surface area (Å²) in [6, 6.07) is 7.71. The number of benzene rings is 1. The Bertz CT molecular complexity index is 582. The van der Waals surface area contributed by atoms with Gasteiger partial charge in [-0.15, -0.1) is 0 Å². The normalized spacial score (nSPS) is 10.3. The quantitative estimate of drug-likeness (QED) is 0.888. The van der Waals surface area contributed by atoms with Crippen molar-refractivity contribution >= 4 is 17.3 Å². The molecule has 1 aromatic heterocycles. The van der Waals surface area contributed by atoms with Crippen LogP contribution in [0, 0.1) is 13.8 Å². The third kappa shape index (κ3) is 2.76. The SMILES string of the molecule is Cc1n[nH]c(C)c1C(=O)Nc1cccc(N(C)C)c1. The molecule has 0 atom stereocenters. The van der Waals surface area contributed by atoms with Crippen LogP contribution in [0.15, 0.2) is 24.3 Å². The smallest absolute Gasteiger partial charge is 0.259 e. The first kappa shape index (κ1) is 13.1. The molecule has 0 bridgehead atoms. The van der Waals surface area contributed by atoms with Crippen molar-refractivity contribution in [3.63, 3.8) is 0 Å². The summed E-state index contributed by atoms with van der Waals surface area (Å²) < 4.78 is 0. The van der Waals surface area contributed by atoms with Crippen LogP contribution in [0.1, 0.15) is 21.7 Å². The Morgan fingerprint density at radius 1 is 1.32 bits per heavy atom. The number of aromatic amines is 1. The van der Waals surface area contributed by atoms with Gasteiger partial charge in [0.2, 0.25) is 0 Å². The Hall–Kier alpha value is -2.30. The Kier molecular flexibility index (Phi) is 3.55. The van der Waals surface area contributed by atoms with Crippen molar-refractivity contribution in [1.82, 2.24) is 10.2 Å². The van der Waals surface area contributed by atoms with Crippen LogP contribution in [-0.2, 0) is 0 Å². The third-order valence-corrected chi connectivity index (χ3v) is 2.98. The van der Waals surface area contributed by atoms with E-state index in [0.29, 0.717) is 11.3 Å². The van der Waals surface area contributed by atoms with Crippen molar-refractivity contribution in [2.24, 2.45) is 0 Å². The summed E-state index contributed by atoms with van der Waals surface area (Å²) in [6.45, 7) is 3.65. The summed E-state index contributed by atoms with van der Waals surface area (Å²) in [5, 5.41) is 9.74. The fourth-order valence-corrected chi connectivity index (χ4v) is 1.94. The van der Waals surface area contributed by atoms with Gasteiger partial charge in [0.15, 0.2) is 0 Å². The zero-order chi connectivity index (χ0) is 14.0. The molecule has 0 aliphatic heterocycles. The summed E-state index contributed by atoms with van der Waals surface area (Å²) >= 11 is 0. The lowest BCUT2D eigenvalue weighted by molar-refractivity contribution is 0.102. The van der Waals surface area contributed by atoms with Gasteiger partial charge in [0.25, 0.3) is 5.91 Å². The van der Waals surface area contributed by atoms with Crippen LogP contribution in [0.4, 0.5) is 11.4 Å². The van der Waals surface area contributed by atoms with Crippen LogP contribution in [-0.4, -0.2) is 30.2 Å². The van der Waals surface area contributed by atoms with E-state index in [1.807, 2.05) is 57.1 Å². The van der Waals surface area contributed by atoms with Gasteiger partial charge >= 0.3 is 0 Å². The molecule has 0 fully saturated rings. The summed E-state index contributed by atoms with van der Waals surface area (Å²) in [7, 11) is 3.93. The van der Waals surface area contributed by atoms with E-state index < -0.39 is 0 Å². The highest BCUT2D eigenvalue weighted by Gasteiger charge is 2.15. The summed E-state index contributed by atoms with van der Waals surface area (Å²) in [5.74, 6) is -0.139. The van der Waals surface area contributed by atoms with Gasteiger partial charge in [-0.1, -0.05) is 6.07 Å². The highest BCUT2D eigenvalue weighted by atomic mass is 16.1. The van der Waals surface area contributed by atoms with Crippen LogP contribution >= 0.6 is 0 Å². The Morgan fingerprint density at radius 3 is 2.63 bits per heavy atom. The number of carbonyl (C=O) groups is 1. The molecule has 19 heavy (non-hydrogen) atoms. The molecule has 0 aliphatic carbocycles. The lowest BCUT2D eigenvalue weighted by Crippen LogP contribution is -2.14. The summed E-state index contributed by atoms with van der Waals surface area (Å²) in [6.07, 6.45) is 0. The molecule has 5 nitrogen and oxygen atoms in total. The molecular weight excluding hydrogens is 240 g/mol. The molecule has 0 saturated carbocycles. The van der Waals surface area contributed by atoms with Crippen LogP contribution in [0.5, 0.6) is 0 Å². The second-order valence-electron chi connectivity index (χ2n) is 4.71. The van der Waals surface area contributed by atoms with Crippen molar-refractivity contribution in [1.29, 1.82) is 0 Å². The molecular formula is C14H18N4O. The molecule has 1 aromatic carbocycles. The van der Waals surface area contributed by atoms with Gasteiger partial charge in [0.1, 0.15) is 0 Å². The highest BCUT2D eigenvalue weighted by molar-refractivity contribution is 6.06. The molecule has 0 radical (unpaired) electrons. The van der Waals surface area contributed by atoms with Gasteiger partial charge in [-0.2, -0.15) is 5.10 Å². The van der Waals surface area contributed by atoms with E-state index in [0.717, 1.165) is 17.1 Å². The average molecular weight is 258 g/mol. The summed E-state index contributed by atoms with van der Waals surface area (Å²) in [5.41, 5.74) is 3.91. The third-order valence-electron chi connectivity index (χ3n) is 2.98. The van der Waals surface area contributed by atoms with Gasteiger partial charge in [0, 0.05) is 31.2 Å². The molecule has 5 heteroatoms. The summed E-state index contributed by atoms with van der Waals surface area (Å²) in [4.78, 5) is 14.2. The molecule has 0 aliphatic rings. The molecule has 2 N–H and O–H groups in total. The zero-order valence-corrected chi connectivity index (χ0v) is 11.6. The second-order valence-corrected chi connectivity index (χ2v) is 4.71. The van der Waals surface area contributed by atoms with Gasteiger partial charge in [-0.3, -0.25) is 9.89 Å². The maximum absolute atomic E-state index is 12.2.